The Balaban J connectivity index is 1.56. The minimum atomic E-state index is -0.0739. The highest BCUT2D eigenvalue weighted by Gasteiger charge is 2.54. The molecular weight excluding hydrogens is 262 g/mol. The molecule has 1 aromatic rings. The fourth-order valence-corrected chi connectivity index (χ4v) is 5.53. The number of hydrogen-bond acceptors (Lipinski definition) is 2. The third-order valence-electron chi connectivity index (χ3n) is 6.17. The summed E-state index contributed by atoms with van der Waals surface area (Å²) in [6, 6.07) is 0. The fourth-order valence-electron chi connectivity index (χ4n) is 5.53. The van der Waals surface area contributed by atoms with Gasteiger partial charge in [0.05, 0.1) is 23.0 Å². The molecule has 4 heteroatoms. The van der Waals surface area contributed by atoms with Crippen LogP contribution in [-0.2, 0) is 11.3 Å². The van der Waals surface area contributed by atoms with Crippen LogP contribution in [0.3, 0.4) is 0 Å². The van der Waals surface area contributed by atoms with Gasteiger partial charge < -0.3 is 5.32 Å². The van der Waals surface area contributed by atoms with Crippen molar-refractivity contribution in [3.8, 4) is 0 Å². The van der Waals surface area contributed by atoms with E-state index in [0.29, 0.717) is 0 Å². The Labute approximate surface area is 126 Å². The van der Waals surface area contributed by atoms with E-state index in [4.69, 9.17) is 0 Å². The molecule has 114 valence electrons. The summed E-state index contributed by atoms with van der Waals surface area (Å²) in [5.41, 5.74) is 1.89. The van der Waals surface area contributed by atoms with Gasteiger partial charge in [-0.25, -0.2) is 0 Å². The zero-order valence-corrected chi connectivity index (χ0v) is 13.1. The summed E-state index contributed by atoms with van der Waals surface area (Å²) in [7, 11) is 0. The van der Waals surface area contributed by atoms with Gasteiger partial charge in [0.15, 0.2) is 0 Å². The molecule has 4 aliphatic rings. The summed E-state index contributed by atoms with van der Waals surface area (Å²) in [5.74, 6) is 2.68. The lowest BCUT2D eigenvalue weighted by Gasteiger charge is -2.55. The standard InChI is InChI=1S/C17H25N3O/c1-3-20-11(2)15(10-18-20)19-16(21)17-7-12-4-13(8-17)6-14(5-12)9-17/h10,12-14H,3-9H2,1-2H3,(H,19,21). The SMILES string of the molecule is CCn1ncc(NC(=O)C23CC4CC(CC(C4)C2)C3)c1C. The highest BCUT2D eigenvalue weighted by atomic mass is 16.2. The largest absolute Gasteiger partial charge is 0.323 e. The molecule has 0 radical (unpaired) electrons. The normalized spacial score (nSPS) is 37.0. The molecular formula is C17H25N3O. The molecule has 4 saturated carbocycles. The number of amides is 1. The predicted octanol–water partition coefficient (Wildman–Crippen LogP) is 3.37. The summed E-state index contributed by atoms with van der Waals surface area (Å²) in [4.78, 5) is 13.0. The van der Waals surface area contributed by atoms with Crippen LogP contribution in [0.4, 0.5) is 5.69 Å². The zero-order valence-electron chi connectivity index (χ0n) is 13.1. The van der Waals surface area contributed by atoms with Gasteiger partial charge in [-0.15, -0.1) is 0 Å². The topological polar surface area (TPSA) is 46.9 Å². The lowest BCUT2D eigenvalue weighted by Crippen LogP contribution is -2.51. The number of aromatic nitrogens is 2. The molecule has 0 atom stereocenters. The minimum Gasteiger partial charge on any atom is -0.323 e. The van der Waals surface area contributed by atoms with Crippen molar-refractivity contribution in [2.24, 2.45) is 23.2 Å². The Bertz CT molecular complexity index is 539. The van der Waals surface area contributed by atoms with Gasteiger partial charge in [0.25, 0.3) is 0 Å². The monoisotopic (exact) mass is 287 g/mol. The van der Waals surface area contributed by atoms with Crippen molar-refractivity contribution >= 4 is 11.6 Å². The first-order valence-corrected chi connectivity index (χ1v) is 8.43. The average molecular weight is 287 g/mol. The molecule has 0 aromatic carbocycles. The minimum absolute atomic E-state index is 0.0739. The molecule has 1 N–H and O–H groups in total. The second-order valence-electron chi connectivity index (χ2n) is 7.61. The Kier molecular flexibility index (Phi) is 2.92. The lowest BCUT2D eigenvalue weighted by molar-refractivity contribution is -0.140. The van der Waals surface area contributed by atoms with E-state index in [1.165, 1.54) is 19.3 Å². The van der Waals surface area contributed by atoms with Gasteiger partial charge in [-0.3, -0.25) is 9.48 Å². The molecule has 4 aliphatic carbocycles. The fraction of sp³-hybridized carbons (Fsp3) is 0.765. The molecule has 5 rings (SSSR count). The molecule has 0 saturated heterocycles. The first-order valence-electron chi connectivity index (χ1n) is 8.43. The van der Waals surface area contributed by atoms with Gasteiger partial charge in [0, 0.05) is 6.54 Å². The molecule has 1 aromatic heterocycles. The first kappa shape index (κ1) is 13.4. The molecule has 21 heavy (non-hydrogen) atoms. The van der Waals surface area contributed by atoms with Gasteiger partial charge >= 0.3 is 0 Å². The van der Waals surface area contributed by atoms with E-state index < -0.39 is 0 Å². The summed E-state index contributed by atoms with van der Waals surface area (Å²) < 4.78 is 1.94. The Morgan fingerprint density at radius 2 is 1.86 bits per heavy atom. The summed E-state index contributed by atoms with van der Waals surface area (Å²) in [5, 5.41) is 7.54. The maximum absolute atomic E-state index is 13.0. The van der Waals surface area contributed by atoms with Crippen molar-refractivity contribution in [2.75, 3.05) is 5.32 Å². The van der Waals surface area contributed by atoms with Crippen LogP contribution < -0.4 is 5.32 Å². The number of rotatable bonds is 3. The van der Waals surface area contributed by atoms with Gasteiger partial charge in [-0.1, -0.05) is 0 Å². The summed E-state index contributed by atoms with van der Waals surface area (Å²) >= 11 is 0. The van der Waals surface area contributed by atoms with Crippen molar-refractivity contribution < 1.29 is 4.79 Å². The van der Waals surface area contributed by atoms with Gasteiger partial charge in [-0.05, 0) is 70.1 Å². The van der Waals surface area contributed by atoms with Crippen LogP contribution >= 0.6 is 0 Å². The van der Waals surface area contributed by atoms with E-state index in [-0.39, 0.29) is 11.3 Å². The van der Waals surface area contributed by atoms with Crippen LogP contribution in [0.15, 0.2) is 6.20 Å². The second-order valence-corrected chi connectivity index (χ2v) is 7.61. The van der Waals surface area contributed by atoms with Crippen LogP contribution in [0.1, 0.15) is 51.1 Å². The number of aryl methyl sites for hydroxylation is 1. The summed E-state index contributed by atoms with van der Waals surface area (Å²) in [6.45, 7) is 4.95. The Hall–Kier alpha value is -1.32. The number of nitrogens with zero attached hydrogens (tertiary/aromatic N) is 2. The molecule has 1 amide bonds. The number of anilines is 1. The van der Waals surface area contributed by atoms with Crippen molar-refractivity contribution in [3.63, 3.8) is 0 Å². The van der Waals surface area contributed by atoms with Crippen LogP contribution in [0, 0.1) is 30.1 Å². The van der Waals surface area contributed by atoms with E-state index in [9.17, 15) is 4.79 Å². The molecule has 4 fully saturated rings. The van der Waals surface area contributed by atoms with E-state index in [1.54, 1.807) is 6.20 Å². The van der Waals surface area contributed by atoms with Gasteiger partial charge in [0.2, 0.25) is 5.91 Å². The maximum atomic E-state index is 13.0. The molecule has 0 aliphatic heterocycles. The van der Waals surface area contributed by atoms with E-state index in [1.807, 2.05) is 11.6 Å². The number of nitrogens with one attached hydrogen (secondary N) is 1. The molecule has 0 spiro atoms. The van der Waals surface area contributed by atoms with Crippen LogP contribution in [-0.4, -0.2) is 15.7 Å². The van der Waals surface area contributed by atoms with Crippen molar-refractivity contribution in [1.82, 2.24) is 9.78 Å². The van der Waals surface area contributed by atoms with Crippen molar-refractivity contribution in [3.05, 3.63) is 11.9 Å². The predicted molar refractivity (Wildman–Crippen MR) is 81.9 cm³/mol. The van der Waals surface area contributed by atoms with Crippen LogP contribution in [0.2, 0.25) is 0 Å². The Morgan fingerprint density at radius 1 is 1.29 bits per heavy atom. The highest BCUT2D eigenvalue weighted by molar-refractivity contribution is 5.96. The highest BCUT2D eigenvalue weighted by Crippen LogP contribution is 2.60. The molecule has 4 nitrogen and oxygen atoms in total. The van der Waals surface area contributed by atoms with Gasteiger partial charge in [-0.2, -0.15) is 5.10 Å². The number of carbonyl (C=O) groups is 1. The number of carbonyl (C=O) groups excluding carboxylic acids is 1. The molecule has 1 heterocycles. The summed E-state index contributed by atoms with van der Waals surface area (Å²) in [6.07, 6.45) is 9.28. The molecule has 0 unspecified atom stereocenters. The Morgan fingerprint density at radius 3 is 2.33 bits per heavy atom. The van der Waals surface area contributed by atoms with E-state index in [0.717, 1.165) is 54.9 Å². The first-order chi connectivity index (χ1) is 10.1. The van der Waals surface area contributed by atoms with Crippen LogP contribution in [0.25, 0.3) is 0 Å². The van der Waals surface area contributed by atoms with Gasteiger partial charge in [0.1, 0.15) is 0 Å². The third kappa shape index (κ3) is 2.02. The molecule has 4 bridgehead atoms. The second kappa shape index (κ2) is 4.59. The lowest BCUT2D eigenvalue weighted by atomic mass is 9.49. The average Bonchev–Trinajstić information content (AvgIpc) is 2.78. The van der Waals surface area contributed by atoms with Crippen LogP contribution in [0.5, 0.6) is 0 Å². The smallest absolute Gasteiger partial charge is 0.230 e. The maximum Gasteiger partial charge on any atom is 0.230 e. The quantitative estimate of drug-likeness (QED) is 0.926. The van der Waals surface area contributed by atoms with Crippen molar-refractivity contribution in [2.45, 2.75) is 58.9 Å². The number of hydrogen-bond donors (Lipinski definition) is 1. The van der Waals surface area contributed by atoms with E-state index >= 15 is 0 Å². The third-order valence-corrected chi connectivity index (χ3v) is 6.17. The van der Waals surface area contributed by atoms with Crippen molar-refractivity contribution in [1.29, 1.82) is 0 Å². The zero-order chi connectivity index (χ0) is 14.6. The van der Waals surface area contributed by atoms with E-state index in [2.05, 4.69) is 17.3 Å².